The van der Waals surface area contributed by atoms with Gasteiger partial charge in [0.05, 0.1) is 40.8 Å². The maximum atomic E-state index is 14.0. The SMILES string of the molecule is CC(C)c1c(C(=O)Nc2ccccc2)c(-c2ccccc2)c(-c2ccc(F)cc2)n1CC[C@@H](O)C[C@@H](O)C(F)(F)C(=O)[O-].CC(C)c1c(C(=O)Nc2ccccc2)c(-c2ccccc2)c(-c2ccc(F)cc2)n1CC[C@@H](O)C[C@@H](O)CC(=O)[O-].[Ca+2]. The fourth-order valence-electron chi connectivity index (χ4n) is 10.3. The summed E-state index contributed by atoms with van der Waals surface area (Å²) in [6.07, 6.45) is -8.04. The van der Waals surface area contributed by atoms with E-state index in [1.807, 2.05) is 117 Å². The minimum Gasteiger partial charge on any atom is -0.550 e. The molecule has 6 aromatic carbocycles. The van der Waals surface area contributed by atoms with Crippen LogP contribution in [0.2, 0.25) is 0 Å². The first kappa shape index (κ1) is 66.7. The van der Waals surface area contributed by atoms with Crippen LogP contribution >= 0.6 is 0 Å². The van der Waals surface area contributed by atoms with Crippen molar-refractivity contribution in [3.63, 3.8) is 0 Å². The van der Waals surface area contributed by atoms with Crippen LogP contribution in [0.25, 0.3) is 44.8 Å². The Labute approximate surface area is 520 Å². The summed E-state index contributed by atoms with van der Waals surface area (Å²) in [4.78, 5) is 49.7. The van der Waals surface area contributed by atoms with Crippen molar-refractivity contribution < 1.29 is 67.4 Å². The number of aliphatic carboxylic acids is 2. The molecule has 14 nitrogen and oxygen atoms in total. The number of carboxylic acids is 2. The van der Waals surface area contributed by atoms with Crippen LogP contribution in [-0.2, 0) is 22.7 Å². The molecule has 2 heterocycles. The minimum absolute atomic E-state index is 0. The molecule has 8 aromatic rings. The normalized spacial score (nSPS) is 12.8. The van der Waals surface area contributed by atoms with Gasteiger partial charge in [0.15, 0.2) is 0 Å². The summed E-state index contributed by atoms with van der Waals surface area (Å²) in [6.45, 7) is 7.99. The molecule has 0 fully saturated rings. The molecular weight excluding hydrogens is 1120 g/mol. The number of aromatic nitrogens is 2. The number of halogens is 4. The van der Waals surface area contributed by atoms with Gasteiger partial charge in [-0.3, -0.25) is 9.59 Å². The van der Waals surface area contributed by atoms with Crippen molar-refractivity contribution in [1.82, 2.24) is 9.13 Å². The molecular formula is C66H66CaF4N4O10. The van der Waals surface area contributed by atoms with Crippen LogP contribution < -0.4 is 20.8 Å². The molecule has 4 atom stereocenters. The van der Waals surface area contributed by atoms with Gasteiger partial charge in [0, 0.05) is 65.8 Å². The van der Waals surface area contributed by atoms with E-state index in [4.69, 9.17) is 0 Å². The standard InChI is InChI=1S/C33H33F3N2O5.C33H35FN2O5.Ca/c1-20(2)29-28(31(41)37-24-11-7-4-8-12-24)27(21-9-5-3-6-10-21)30(22-13-15-23(34)16-14-22)38(29)18-17-25(39)19-26(40)33(35,36)32(42)43;1-21(2)31-30(33(41)35-25-11-7-4-8-12-25)29(22-9-5-3-6-10-22)32(23-13-15-24(34)16-14-23)36(31)18-17-26(37)19-27(38)20-28(39)40;/h3-16,20,25-26,39-40H,17-19H2,1-2H3,(H,37,41)(H,42,43);3-16,21,26-27,37-38H,17-20H2,1-2H3,(H,35,41)(H,39,40);/q;;+2/p-2/t25-,26-;26-,27-;/m11./s1. The van der Waals surface area contributed by atoms with Gasteiger partial charge in [0.1, 0.15) is 23.7 Å². The Hall–Kier alpha value is -7.42. The van der Waals surface area contributed by atoms with E-state index in [1.165, 1.54) is 24.3 Å². The summed E-state index contributed by atoms with van der Waals surface area (Å²) in [6, 6.07) is 48.4. The van der Waals surface area contributed by atoms with Gasteiger partial charge < -0.3 is 60.0 Å². The number of benzene rings is 6. The van der Waals surface area contributed by atoms with E-state index in [1.54, 1.807) is 65.2 Å². The first-order valence-corrected chi connectivity index (χ1v) is 27.5. The maximum absolute atomic E-state index is 14.0. The molecule has 0 radical (unpaired) electrons. The number of aliphatic hydroxyl groups excluding tert-OH is 4. The van der Waals surface area contributed by atoms with Gasteiger partial charge in [-0.15, -0.1) is 0 Å². The molecule has 6 N–H and O–H groups in total. The van der Waals surface area contributed by atoms with E-state index < -0.39 is 72.7 Å². The number of para-hydroxylation sites is 2. The molecule has 0 aliphatic carbocycles. The van der Waals surface area contributed by atoms with E-state index in [2.05, 4.69) is 10.6 Å². The summed E-state index contributed by atoms with van der Waals surface area (Å²) in [5.74, 6) is -10.6. The van der Waals surface area contributed by atoms with Crippen molar-refractivity contribution in [2.45, 2.75) is 115 Å². The van der Waals surface area contributed by atoms with Gasteiger partial charge in [0.2, 0.25) is 0 Å². The molecule has 0 aliphatic rings. The maximum Gasteiger partial charge on any atom is 2.00 e. The summed E-state index contributed by atoms with van der Waals surface area (Å²) in [5.41, 5.74) is 8.58. The molecule has 440 valence electrons. The van der Waals surface area contributed by atoms with Crippen molar-refractivity contribution in [1.29, 1.82) is 0 Å². The second kappa shape index (κ2) is 30.6. The van der Waals surface area contributed by atoms with Crippen LogP contribution in [0.5, 0.6) is 0 Å². The molecule has 85 heavy (non-hydrogen) atoms. The molecule has 0 saturated carbocycles. The smallest absolute Gasteiger partial charge is 0.550 e. The zero-order valence-corrected chi connectivity index (χ0v) is 49.6. The quantitative estimate of drug-likeness (QED) is 0.0248. The Bertz CT molecular complexity index is 3490. The summed E-state index contributed by atoms with van der Waals surface area (Å²) < 4.78 is 59.3. The Balaban J connectivity index is 0.000000269. The van der Waals surface area contributed by atoms with Crippen LogP contribution in [-0.4, -0.2) is 121 Å². The van der Waals surface area contributed by atoms with Gasteiger partial charge in [-0.05, 0) is 126 Å². The Morgan fingerprint density at radius 3 is 1.16 bits per heavy atom. The predicted octanol–water partition coefficient (Wildman–Crippen LogP) is 9.82. The fraction of sp³-hybridized carbons (Fsp3) is 0.273. The van der Waals surface area contributed by atoms with Gasteiger partial charge in [-0.25, -0.2) is 8.78 Å². The molecule has 0 unspecified atom stereocenters. The Morgan fingerprint density at radius 2 is 0.835 bits per heavy atom. The third-order valence-electron chi connectivity index (χ3n) is 14.1. The molecule has 19 heteroatoms. The summed E-state index contributed by atoms with van der Waals surface area (Å²) >= 11 is 0. The Kier molecular flexibility index (Phi) is 24.0. The number of nitrogens with one attached hydrogen (secondary N) is 2. The van der Waals surface area contributed by atoms with E-state index in [0.717, 1.165) is 11.3 Å². The van der Waals surface area contributed by atoms with Crippen LogP contribution in [0.1, 0.15) is 104 Å². The number of anilines is 2. The average Bonchev–Trinajstić information content (AvgIpc) is 1.85. The zero-order chi connectivity index (χ0) is 60.8. The average molecular weight is 1190 g/mol. The number of rotatable bonds is 24. The number of carbonyl (C=O) groups is 4. The second-order valence-electron chi connectivity index (χ2n) is 21.0. The van der Waals surface area contributed by atoms with E-state index in [-0.39, 0.29) is 87.8 Å². The van der Waals surface area contributed by atoms with Crippen molar-refractivity contribution in [3.05, 3.63) is 204 Å². The predicted molar refractivity (Wildman–Crippen MR) is 315 cm³/mol. The van der Waals surface area contributed by atoms with Crippen LogP contribution in [0.15, 0.2) is 170 Å². The van der Waals surface area contributed by atoms with Gasteiger partial charge >= 0.3 is 43.7 Å². The second-order valence-corrected chi connectivity index (χ2v) is 21.0. The van der Waals surface area contributed by atoms with E-state index >= 15 is 0 Å². The summed E-state index contributed by atoms with van der Waals surface area (Å²) in [7, 11) is 0. The number of amides is 2. The Morgan fingerprint density at radius 1 is 0.494 bits per heavy atom. The van der Waals surface area contributed by atoms with Crippen molar-refractivity contribution in [2.24, 2.45) is 0 Å². The van der Waals surface area contributed by atoms with Crippen LogP contribution in [0.3, 0.4) is 0 Å². The number of carbonyl (C=O) groups excluding carboxylic acids is 4. The number of nitrogens with zero attached hydrogens (tertiary/aromatic N) is 2. The minimum atomic E-state index is -4.54. The van der Waals surface area contributed by atoms with Crippen LogP contribution in [0, 0.1) is 11.6 Å². The topological polar surface area (TPSA) is 229 Å². The van der Waals surface area contributed by atoms with E-state index in [9.17, 15) is 67.4 Å². The van der Waals surface area contributed by atoms with Gasteiger partial charge in [-0.2, -0.15) is 8.78 Å². The molecule has 2 aromatic heterocycles. The number of hydrogen-bond acceptors (Lipinski definition) is 10. The molecule has 0 spiro atoms. The van der Waals surface area contributed by atoms with Crippen molar-refractivity contribution >= 4 is 72.9 Å². The largest absolute Gasteiger partial charge is 2.00 e. The van der Waals surface area contributed by atoms with Gasteiger partial charge in [-0.1, -0.05) is 125 Å². The molecule has 8 rings (SSSR count). The number of aliphatic hydroxyl groups is 4. The van der Waals surface area contributed by atoms with Crippen molar-refractivity contribution in [3.8, 4) is 44.8 Å². The van der Waals surface area contributed by atoms with E-state index in [0.29, 0.717) is 67.4 Å². The number of carboxylic acid groups (broad SMARTS) is 2. The fourth-order valence-corrected chi connectivity index (χ4v) is 10.3. The third kappa shape index (κ3) is 16.9. The number of alkyl halides is 2. The molecule has 2 amide bonds. The summed E-state index contributed by atoms with van der Waals surface area (Å²) in [5, 5.41) is 68.7. The first-order valence-electron chi connectivity index (χ1n) is 27.5. The monoisotopic (exact) mass is 1190 g/mol. The first-order chi connectivity index (χ1) is 40.1. The molecule has 0 bridgehead atoms. The van der Waals surface area contributed by atoms with Crippen molar-refractivity contribution in [2.75, 3.05) is 10.6 Å². The molecule has 0 aliphatic heterocycles. The number of hydrogen-bond donors (Lipinski definition) is 6. The third-order valence-corrected chi connectivity index (χ3v) is 14.1. The molecule has 0 saturated heterocycles. The van der Waals surface area contributed by atoms with Crippen LogP contribution in [0.4, 0.5) is 28.9 Å². The zero-order valence-electron chi connectivity index (χ0n) is 47.4. The van der Waals surface area contributed by atoms with Gasteiger partial charge in [0.25, 0.3) is 11.8 Å².